The minimum absolute atomic E-state index is 0.951. The molecular formula is C13H17N5S. The standard InChI is InChI=1S/C13H17N5S/c1-5-6-14-12-11-10(17-18(12)4)9-7(2)8(3)15-16-13(9)19-11/h14H,5-6H2,1-4H3. The molecule has 3 aromatic rings. The average Bonchev–Trinajstić information content (AvgIpc) is 2.87. The third kappa shape index (κ3) is 1.78. The summed E-state index contributed by atoms with van der Waals surface area (Å²) in [6.45, 7) is 7.19. The van der Waals surface area contributed by atoms with Gasteiger partial charge >= 0.3 is 0 Å². The van der Waals surface area contributed by atoms with E-state index in [0.717, 1.165) is 40.2 Å². The summed E-state index contributed by atoms with van der Waals surface area (Å²) in [5.41, 5.74) is 3.19. The molecule has 0 radical (unpaired) electrons. The first-order chi connectivity index (χ1) is 9.13. The maximum atomic E-state index is 4.65. The fourth-order valence-electron chi connectivity index (χ4n) is 2.24. The van der Waals surface area contributed by atoms with Gasteiger partial charge < -0.3 is 5.32 Å². The molecular weight excluding hydrogens is 258 g/mol. The first-order valence-corrected chi connectivity index (χ1v) is 7.28. The van der Waals surface area contributed by atoms with Gasteiger partial charge in [-0.2, -0.15) is 10.2 Å². The van der Waals surface area contributed by atoms with Gasteiger partial charge in [-0.1, -0.05) is 6.92 Å². The molecule has 0 aliphatic heterocycles. The van der Waals surface area contributed by atoms with Crippen LogP contribution in [0.3, 0.4) is 0 Å². The minimum Gasteiger partial charge on any atom is -0.369 e. The van der Waals surface area contributed by atoms with Crippen molar-refractivity contribution in [3.8, 4) is 0 Å². The van der Waals surface area contributed by atoms with E-state index >= 15 is 0 Å². The molecule has 0 fully saturated rings. The second-order valence-corrected chi connectivity index (χ2v) is 5.77. The molecule has 5 nitrogen and oxygen atoms in total. The van der Waals surface area contributed by atoms with Crippen LogP contribution >= 0.6 is 11.3 Å². The van der Waals surface area contributed by atoms with Crippen molar-refractivity contribution in [1.82, 2.24) is 20.0 Å². The lowest BCUT2D eigenvalue weighted by Crippen LogP contribution is -2.05. The zero-order valence-corrected chi connectivity index (χ0v) is 12.4. The van der Waals surface area contributed by atoms with Crippen LogP contribution in [0, 0.1) is 13.8 Å². The number of nitrogens with one attached hydrogen (secondary N) is 1. The number of fused-ring (bicyclic) bond motifs is 3. The van der Waals surface area contributed by atoms with Crippen molar-refractivity contribution in [2.45, 2.75) is 27.2 Å². The number of nitrogens with zero attached hydrogens (tertiary/aromatic N) is 4. The maximum absolute atomic E-state index is 4.65. The Balaban J connectivity index is 2.31. The minimum atomic E-state index is 0.951. The molecule has 0 spiro atoms. The van der Waals surface area contributed by atoms with Crippen molar-refractivity contribution in [2.75, 3.05) is 11.9 Å². The molecule has 19 heavy (non-hydrogen) atoms. The molecule has 0 aliphatic rings. The third-order valence-electron chi connectivity index (χ3n) is 3.40. The molecule has 3 aromatic heterocycles. The lowest BCUT2D eigenvalue weighted by Gasteiger charge is -2.03. The summed E-state index contributed by atoms with van der Waals surface area (Å²) in [5.74, 6) is 1.08. The molecule has 1 N–H and O–H groups in total. The van der Waals surface area contributed by atoms with E-state index < -0.39 is 0 Å². The van der Waals surface area contributed by atoms with Crippen LogP contribution in [-0.4, -0.2) is 26.5 Å². The van der Waals surface area contributed by atoms with Gasteiger partial charge in [0.25, 0.3) is 0 Å². The summed E-state index contributed by atoms with van der Waals surface area (Å²) in [7, 11) is 1.98. The molecule has 6 heteroatoms. The van der Waals surface area contributed by atoms with E-state index in [9.17, 15) is 0 Å². The fourth-order valence-corrected chi connectivity index (χ4v) is 3.40. The van der Waals surface area contributed by atoms with E-state index in [2.05, 4.69) is 34.5 Å². The van der Waals surface area contributed by atoms with Crippen molar-refractivity contribution in [3.63, 3.8) is 0 Å². The Bertz CT molecular complexity index is 755. The molecule has 3 rings (SSSR count). The lowest BCUT2D eigenvalue weighted by molar-refractivity contribution is 0.778. The van der Waals surface area contributed by atoms with Gasteiger partial charge in [0, 0.05) is 19.0 Å². The highest BCUT2D eigenvalue weighted by atomic mass is 32.1. The number of aryl methyl sites for hydroxylation is 3. The van der Waals surface area contributed by atoms with Crippen LogP contribution in [0.1, 0.15) is 24.6 Å². The van der Waals surface area contributed by atoms with E-state index in [0.29, 0.717) is 0 Å². The second kappa shape index (κ2) is 4.45. The SMILES string of the molecule is CCCNc1c2sc3nnc(C)c(C)c3c2nn1C. The van der Waals surface area contributed by atoms with E-state index in [1.165, 1.54) is 10.3 Å². The van der Waals surface area contributed by atoms with Crippen LogP contribution in [0.15, 0.2) is 0 Å². The number of anilines is 1. The molecule has 0 bridgehead atoms. The molecule has 0 unspecified atom stereocenters. The van der Waals surface area contributed by atoms with Gasteiger partial charge in [0.1, 0.15) is 16.2 Å². The Kier molecular flexibility index (Phi) is 2.89. The maximum Gasteiger partial charge on any atom is 0.149 e. The molecule has 0 saturated heterocycles. The van der Waals surface area contributed by atoms with Crippen molar-refractivity contribution in [1.29, 1.82) is 0 Å². The topological polar surface area (TPSA) is 55.6 Å². The summed E-state index contributed by atoms with van der Waals surface area (Å²) in [6, 6.07) is 0. The Morgan fingerprint density at radius 2 is 2.05 bits per heavy atom. The first-order valence-electron chi connectivity index (χ1n) is 6.46. The summed E-state index contributed by atoms with van der Waals surface area (Å²) in [4.78, 5) is 0.973. The lowest BCUT2D eigenvalue weighted by atomic mass is 10.1. The monoisotopic (exact) mass is 275 g/mol. The highest BCUT2D eigenvalue weighted by Gasteiger charge is 2.18. The zero-order chi connectivity index (χ0) is 13.6. The van der Waals surface area contributed by atoms with Gasteiger partial charge in [-0.05, 0) is 25.8 Å². The van der Waals surface area contributed by atoms with E-state index in [4.69, 9.17) is 0 Å². The predicted molar refractivity (Wildman–Crippen MR) is 79.9 cm³/mol. The molecule has 3 heterocycles. The predicted octanol–water partition coefficient (Wildman–Crippen LogP) is 3.02. The summed E-state index contributed by atoms with van der Waals surface area (Å²) < 4.78 is 3.10. The van der Waals surface area contributed by atoms with Gasteiger partial charge in [-0.25, -0.2) is 0 Å². The number of hydrogen-bond acceptors (Lipinski definition) is 5. The Labute approximate surface area is 115 Å². The Hall–Kier alpha value is -1.69. The highest BCUT2D eigenvalue weighted by molar-refractivity contribution is 7.26. The van der Waals surface area contributed by atoms with Crippen LogP contribution in [0.4, 0.5) is 5.82 Å². The van der Waals surface area contributed by atoms with Gasteiger partial charge in [0.2, 0.25) is 0 Å². The average molecular weight is 275 g/mol. The zero-order valence-electron chi connectivity index (χ0n) is 11.6. The largest absolute Gasteiger partial charge is 0.369 e. The third-order valence-corrected chi connectivity index (χ3v) is 4.47. The molecule has 0 aliphatic carbocycles. The van der Waals surface area contributed by atoms with Crippen molar-refractivity contribution >= 4 is 37.6 Å². The van der Waals surface area contributed by atoms with Crippen molar-refractivity contribution < 1.29 is 0 Å². The number of hydrogen-bond donors (Lipinski definition) is 1. The molecule has 100 valence electrons. The Morgan fingerprint density at radius 1 is 1.26 bits per heavy atom. The second-order valence-electron chi connectivity index (χ2n) is 4.77. The molecule has 0 amide bonds. The van der Waals surface area contributed by atoms with Gasteiger partial charge in [0.05, 0.1) is 10.4 Å². The highest BCUT2D eigenvalue weighted by Crippen LogP contribution is 2.38. The van der Waals surface area contributed by atoms with E-state index in [-0.39, 0.29) is 0 Å². The summed E-state index contributed by atoms with van der Waals surface area (Å²) in [6.07, 6.45) is 1.09. The molecule has 0 aromatic carbocycles. The van der Waals surface area contributed by atoms with Crippen LogP contribution in [0.5, 0.6) is 0 Å². The number of aromatic nitrogens is 4. The van der Waals surface area contributed by atoms with Gasteiger partial charge in [-0.3, -0.25) is 4.68 Å². The molecule has 0 atom stereocenters. The summed E-state index contributed by atoms with van der Waals surface area (Å²) >= 11 is 1.66. The fraction of sp³-hybridized carbons (Fsp3) is 0.462. The normalized spacial score (nSPS) is 11.6. The van der Waals surface area contributed by atoms with E-state index in [1.54, 1.807) is 11.3 Å². The number of rotatable bonds is 3. The summed E-state index contributed by atoms with van der Waals surface area (Å²) in [5, 5.41) is 17.7. The van der Waals surface area contributed by atoms with Crippen molar-refractivity contribution in [3.05, 3.63) is 11.3 Å². The van der Waals surface area contributed by atoms with Crippen LogP contribution in [-0.2, 0) is 7.05 Å². The molecule has 0 saturated carbocycles. The first kappa shape index (κ1) is 12.3. The quantitative estimate of drug-likeness (QED) is 0.798. The van der Waals surface area contributed by atoms with Gasteiger partial charge in [-0.15, -0.1) is 16.4 Å². The smallest absolute Gasteiger partial charge is 0.149 e. The van der Waals surface area contributed by atoms with Gasteiger partial charge in [0.15, 0.2) is 0 Å². The van der Waals surface area contributed by atoms with E-state index in [1.807, 2.05) is 18.7 Å². The Morgan fingerprint density at radius 3 is 2.79 bits per heavy atom. The van der Waals surface area contributed by atoms with Crippen LogP contribution in [0.2, 0.25) is 0 Å². The van der Waals surface area contributed by atoms with Crippen LogP contribution in [0.25, 0.3) is 20.4 Å². The van der Waals surface area contributed by atoms with Crippen molar-refractivity contribution in [2.24, 2.45) is 7.05 Å². The number of thiophene rings is 1. The van der Waals surface area contributed by atoms with Crippen LogP contribution < -0.4 is 5.32 Å².